The van der Waals surface area contributed by atoms with Crippen LogP contribution in [0.15, 0.2) is 36.4 Å². The van der Waals surface area contributed by atoms with Crippen molar-refractivity contribution in [2.75, 3.05) is 98.4 Å². The molecular formula is C34H47ClF2N6O8. The quantitative estimate of drug-likeness (QED) is 0.379. The molecule has 4 saturated heterocycles. The zero-order valence-corrected chi connectivity index (χ0v) is 28.8. The molecule has 4 heterocycles. The Kier molecular flexibility index (Phi) is 16.1. The fourth-order valence-electron chi connectivity index (χ4n) is 5.40. The monoisotopic (exact) mass is 740 g/mol. The number of benzene rings is 2. The van der Waals surface area contributed by atoms with Gasteiger partial charge in [-0.3, -0.25) is 19.4 Å². The highest BCUT2D eigenvalue weighted by Gasteiger charge is 2.34. The van der Waals surface area contributed by atoms with Crippen LogP contribution in [0, 0.1) is 11.6 Å². The van der Waals surface area contributed by atoms with Crippen LogP contribution in [0.25, 0.3) is 0 Å². The second-order valence-electron chi connectivity index (χ2n) is 11.6. The van der Waals surface area contributed by atoms with Gasteiger partial charge in [0.25, 0.3) is 0 Å². The largest absolute Gasteiger partial charge is 0.443 e. The molecule has 6 rings (SSSR count). The highest BCUT2D eigenvalue weighted by atomic mass is 35.5. The van der Waals surface area contributed by atoms with Crippen LogP contribution in [0.5, 0.6) is 0 Å². The number of halogens is 3. The van der Waals surface area contributed by atoms with E-state index in [1.54, 1.807) is 31.2 Å². The lowest BCUT2D eigenvalue weighted by atomic mass is 10.2. The summed E-state index contributed by atoms with van der Waals surface area (Å²) in [5, 5.41) is 2.33. The number of carbonyl (C=O) groups excluding carboxylic acids is 4. The van der Waals surface area contributed by atoms with Crippen molar-refractivity contribution < 1.29 is 46.9 Å². The van der Waals surface area contributed by atoms with Crippen LogP contribution in [0.1, 0.15) is 27.7 Å². The van der Waals surface area contributed by atoms with Crippen molar-refractivity contribution in [2.45, 2.75) is 39.9 Å². The van der Waals surface area contributed by atoms with E-state index in [1.165, 1.54) is 28.9 Å². The van der Waals surface area contributed by atoms with Crippen molar-refractivity contribution in [1.29, 1.82) is 0 Å². The Morgan fingerprint density at radius 2 is 1.24 bits per heavy atom. The molecule has 3 amide bonds. The topological polar surface area (TPSA) is 156 Å². The third kappa shape index (κ3) is 11.6. The first-order chi connectivity index (χ1) is 24.0. The maximum Gasteiger partial charge on any atom is 0.414 e. The number of carbonyl (C=O) groups is 4. The number of amides is 3. The average molecular weight is 741 g/mol. The van der Waals surface area contributed by atoms with Crippen molar-refractivity contribution >= 4 is 57.7 Å². The summed E-state index contributed by atoms with van der Waals surface area (Å²) in [5.41, 5.74) is 7.46. The van der Waals surface area contributed by atoms with E-state index < -0.39 is 18.3 Å². The minimum absolute atomic E-state index is 0. The summed E-state index contributed by atoms with van der Waals surface area (Å²) in [4.78, 5) is 50.9. The maximum absolute atomic E-state index is 14.4. The van der Waals surface area contributed by atoms with Crippen molar-refractivity contribution in [1.82, 2.24) is 5.32 Å². The summed E-state index contributed by atoms with van der Waals surface area (Å²) >= 11 is 4.82. The molecule has 4 fully saturated rings. The number of ether oxygens (including phenoxy) is 4. The molecule has 2 aromatic rings. The van der Waals surface area contributed by atoms with E-state index in [4.69, 9.17) is 36.3 Å². The lowest BCUT2D eigenvalue weighted by Crippen LogP contribution is -2.36. The van der Waals surface area contributed by atoms with Crippen LogP contribution in [0.4, 0.5) is 41.1 Å². The van der Waals surface area contributed by atoms with E-state index in [1.807, 2.05) is 9.80 Å². The molecular weight excluding hydrogens is 694 g/mol. The molecule has 282 valence electrons. The van der Waals surface area contributed by atoms with Crippen molar-refractivity contribution in [3.63, 3.8) is 0 Å². The van der Waals surface area contributed by atoms with Crippen LogP contribution >= 0.6 is 11.6 Å². The summed E-state index contributed by atoms with van der Waals surface area (Å²) in [6.45, 7) is 9.19. The van der Waals surface area contributed by atoms with E-state index in [2.05, 4.69) is 5.32 Å². The molecule has 4 aliphatic rings. The SMILES string of the molecule is C.CC(=O)NC[C@H]1CN(c2ccc(N3CCOCC3)c(F)c2)C(=O)O1.CCC(=O)Cl.NC[C@H]1CN(c2ccc(N3CCOCC3)c(F)c2)C(=O)O1. The molecule has 17 heteroatoms. The summed E-state index contributed by atoms with van der Waals surface area (Å²) in [5.74, 6) is -0.920. The Labute approximate surface area is 301 Å². The van der Waals surface area contributed by atoms with Crippen molar-refractivity contribution in [3.05, 3.63) is 48.0 Å². The third-order valence-electron chi connectivity index (χ3n) is 8.06. The van der Waals surface area contributed by atoms with Gasteiger partial charge in [-0.1, -0.05) is 14.4 Å². The molecule has 4 aliphatic heterocycles. The number of nitrogens with one attached hydrogen (secondary N) is 1. The Morgan fingerprint density at radius 3 is 1.59 bits per heavy atom. The van der Waals surface area contributed by atoms with Gasteiger partial charge in [0.2, 0.25) is 11.1 Å². The predicted molar refractivity (Wildman–Crippen MR) is 190 cm³/mol. The Hall–Kier alpha value is -4.25. The molecule has 0 saturated carbocycles. The lowest BCUT2D eigenvalue weighted by Gasteiger charge is -2.29. The zero-order valence-electron chi connectivity index (χ0n) is 28.1. The van der Waals surface area contributed by atoms with E-state index >= 15 is 0 Å². The van der Waals surface area contributed by atoms with Gasteiger partial charge in [-0.25, -0.2) is 18.4 Å². The van der Waals surface area contributed by atoms with E-state index in [0.29, 0.717) is 88.3 Å². The van der Waals surface area contributed by atoms with Gasteiger partial charge in [-0.15, -0.1) is 0 Å². The summed E-state index contributed by atoms with van der Waals surface area (Å²) in [7, 11) is 0. The fourth-order valence-corrected chi connectivity index (χ4v) is 5.40. The number of nitrogens with two attached hydrogens (primary N) is 1. The first-order valence-corrected chi connectivity index (χ1v) is 16.7. The first kappa shape index (κ1) is 41.2. The van der Waals surface area contributed by atoms with Gasteiger partial charge in [0.1, 0.15) is 23.8 Å². The molecule has 0 radical (unpaired) electrons. The molecule has 0 aliphatic carbocycles. The molecule has 2 atom stereocenters. The van der Waals surface area contributed by atoms with Crippen LogP contribution in [-0.2, 0) is 28.5 Å². The van der Waals surface area contributed by atoms with Crippen LogP contribution < -0.4 is 30.7 Å². The zero-order chi connectivity index (χ0) is 36.2. The van der Waals surface area contributed by atoms with Gasteiger partial charge in [0.15, 0.2) is 0 Å². The van der Waals surface area contributed by atoms with Gasteiger partial charge < -0.3 is 39.8 Å². The van der Waals surface area contributed by atoms with Crippen LogP contribution in [-0.4, -0.2) is 114 Å². The van der Waals surface area contributed by atoms with Gasteiger partial charge in [-0.2, -0.15) is 0 Å². The fraction of sp³-hybridized carbons (Fsp3) is 0.529. The lowest BCUT2D eigenvalue weighted by molar-refractivity contribution is -0.119. The summed E-state index contributed by atoms with van der Waals surface area (Å²) < 4.78 is 49.5. The molecule has 0 unspecified atom stereocenters. The number of rotatable bonds is 8. The Balaban J connectivity index is 0.000000241. The molecule has 2 aromatic carbocycles. The molecule has 51 heavy (non-hydrogen) atoms. The van der Waals surface area contributed by atoms with Gasteiger partial charge in [0, 0.05) is 46.1 Å². The minimum Gasteiger partial charge on any atom is -0.443 e. The molecule has 0 spiro atoms. The van der Waals surface area contributed by atoms with Gasteiger partial charge in [0.05, 0.1) is 68.8 Å². The maximum atomic E-state index is 14.4. The van der Waals surface area contributed by atoms with Crippen LogP contribution in [0.3, 0.4) is 0 Å². The predicted octanol–water partition coefficient (Wildman–Crippen LogP) is 3.87. The highest BCUT2D eigenvalue weighted by Crippen LogP contribution is 2.29. The van der Waals surface area contributed by atoms with E-state index in [9.17, 15) is 28.0 Å². The van der Waals surface area contributed by atoms with E-state index in [0.717, 1.165) is 0 Å². The summed E-state index contributed by atoms with van der Waals surface area (Å²) in [6.07, 6.45) is -1.36. The van der Waals surface area contributed by atoms with E-state index in [-0.39, 0.29) is 55.9 Å². The van der Waals surface area contributed by atoms with Gasteiger partial charge >= 0.3 is 12.2 Å². The number of cyclic esters (lactones) is 2. The van der Waals surface area contributed by atoms with Crippen LogP contribution in [0.2, 0.25) is 0 Å². The number of hydrogen-bond acceptors (Lipinski definition) is 11. The second-order valence-corrected chi connectivity index (χ2v) is 12.0. The minimum atomic E-state index is -0.538. The Bertz CT molecular complexity index is 1490. The smallest absolute Gasteiger partial charge is 0.414 e. The second kappa shape index (κ2) is 20.0. The van der Waals surface area contributed by atoms with Crippen molar-refractivity contribution in [2.24, 2.45) is 5.73 Å². The van der Waals surface area contributed by atoms with Crippen molar-refractivity contribution in [3.8, 4) is 0 Å². The molecule has 3 N–H and O–H groups in total. The summed E-state index contributed by atoms with van der Waals surface area (Å²) in [6, 6.07) is 9.51. The van der Waals surface area contributed by atoms with Gasteiger partial charge in [-0.05, 0) is 48.0 Å². The first-order valence-electron chi connectivity index (χ1n) is 16.3. The highest BCUT2D eigenvalue weighted by molar-refractivity contribution is 6.63. The normalized spacial score (nSPS) is 19.9. The number of anilines is 4. The average Bonchev–Trinajstić information content (AvgIpc) is 3.69. The standard InChI is InChI=1S/C16H20FN3O4.C14H18FN3O3.C3H5ClO.CH4/c1-11(21)18-9-13-10-20(16(22)24-13)12-2-3-15(14(17)8-12)19-4-6-23-7-5-19;15-12-7-10(18-9-11(8-16)21-14(18)19)1-2-13(12)17-3-5-20-6-4-17;1-2-3(4)5;/h2-3,8,13H,4-7,9-10H2,1H3,(H,18,21);1-2,7,11H,3-6,8-9,16H2;2H2,1H3;1H4/t13-;11-;;/m00../s1. The third-order valence-corrected chi connectivity index (χ3v) is 8.32. The number of morpholine rings is 2. The number of hydrogen-bond donors (Lipinski definition) is 2. The Morgan fingerprint density at radius 1 is 0.824 bits per heavy atom. The molecule has 0 bridgehead atoms. The number of nitrogens with zero attached hydrogens (tertiary/aromatic N) is 4. The molecule has 0 aromatic heterocycles. The molecule has 14 nitrogen and oxygen atoms in total.